The average molecular weight is 375 g/mol. The van der Waals surface area contributed by atoms with E-state index in [1.165, 1.54) is 42.5 Å². The Bertz CT molecular complexity index is 1220. The van der Waals surface area contributed by atoms with Crippen molar-refractivity contribution in [2.75, 3.05) is 0 Å². The summed E-state index contributed by atoms with van der Waals surface area (Å²) in [5.41, 5.74) is -0.111. The largest absolute Gasteiger partial charge is 0.422 e. The molecule has 2 aromatic carbocycles. The normalized spacial score (nSPS) is 10.1. The highest BCUT2D eigenvalue weighted by Gasteiger charge is 2.17. The molecule has 3 rings (SSSR count). The minimum Gasteiger partial charge on any atom is -0.422 e. The van der Waals surface area contributed by atoms with Gasteiger partial charge >= 0.3 is 5.63 Å². The second kappa shape index (κ2) is 7.52. The van der Waals surface area contributed by atoms with Crippen molar-refractivity contribution in [3.05, 3.63) is 97.1 Å². The van der Waals surface area contributed by atoms with E-state index in [0.717, 1.165) is 6.07 Å². The molecule has 0 fully saturated rings. The Hall–Kier alpha value is -4.30. The van der Waals surface area contributed by atoms with Crippen LogP contribution in [0, 0.1) is 38.6 Å². The van der Waals surface area contributed by atoms with Gasteiger partial charge in [0.25, 0.3) is 5.69 Å². The summed E-state index contributed by atoms with van der Waals surface area (Å²) in [5.74, 6) is -0.316. The van der Waals surface area contributed by atoms with Crippen molar-refractivity contribution in [1.82, 2.24) is 0 Å². The van der Waals surface area contributed by atoms with E-state index in [0.29, 0.717) is 16.7 Å². The van der Waals surface area contributed by atoms with Gasteiger partial charge in [-0.25, -0.2) is 9.18 Å². The van der Waals surface area contributed by atoms with Gasteiger partial charge in [0, 0.05) is 24.1 Å². The zero-order chi connectivity index (χ0) is 20.3. The molecule has 136 valence electrons. The molecular formula is C20H10FN3O4. The molecule has 0 N–H and O–H groups in total. The first-order valence-electron chi connectivity index (χ1n) is 7.93. The molecule has 0 saturated heterocycles. The Labute approximate surface area is 157 Å². The Balaban J connectivity index is 2.10. The second-order valence-corrected chi connectivity index (χ2v) is 5.80. The van der Waals surface area contributed by atoms with E-state index in [2.05, 4.69) is 0 Å². The van der Waals surface area contributed by atoms with E-state index in [-0.39, 0.29) is 29.0 Å². The summed E-state index contributed by atoms with van der Waals surface area (Å²) in [4.78, 5) is 22.5. The number of nitro groups is 1. The Morgan fingerprint density at radius 1 is 1.04 bits per heavy atom. The molecule has 0 aliphatic heterocycles. The molecule has 8 heteroatoms. The molecule has 3 aromatic rings. The van der Waals surface area contributed by atoms with Crippen LogP contribution in [0.15, 0.2) is 57.7 Å². The standard InChI is InChI=1S/C20H10FN3O4/c21-16-4-1-12(2-5-16)19-9-14(18(11-23)20(25)28-19)7-13-3-6-17(24(26)27)8-15(13)10-22/h1-6,8-9H,7H2. The van der Waals surface area contributed by atoms with Crippen LogP contribution in [0.2, 0.25) is 0 Å². The molecular weight excluding hydrogens is 365 g/mol. The first-order chi connectivity index (χ1) is 13.4. The van der Waals surface area contributed by atoms with Crippen LogP contribution in [0.3, 0.4) is 0 Å². The van der Waals surface area contributed by atoms with Gasteiger partial charge in [-0.15, -0.1) is 0 Å². The third-order valence-corrected chi connectivity index (χ3v) is 4.08. The van der Waals surface area contributed by atoms with Gasteiger partial charge in [-0.1, -0.05) is 6.07 Å². The smallest absolute Gasteiger partial charge is 0.354 e. The minimum atomic E-state index is -0.861. The van der Waals surface area contributed by atoms with Gasteiger partial charge in [0.2, 0.25) is 0 Å². The number of nitrogens with zero attached hydrogens (tertiary/aromatic N) is 3. The summed E-state index contributed by atoms with van der Waals surface area (Å²) in [6, 6.07) is 14.2. The zero-order valence-electron chi connectivity index (χ0n) is 14.2. The summed E-state index contributed by atoms with van der Waals surface area (Å²) in [6.45, 7) is 0. The van der Waals surface area contributed by atoms with Crippen molar-refractivity contribution in [3.63, 3.8) is 0 Å². The Kier molecular flexibility index (Phi) is 4.97. The molecule has 0 spiro atoms. The van der Waals surface area contributed by atoms with Gasteiger partial charge < -0.3 is 4.42 Å². The number of rotatable bonds is 4. The summed E-state index contributed by atoms with van der Waals surface area (Å²) in [7, 11) is 0. The molecule has 0 aliphatic carbocycles. The summed E-state index contributed by atoms with van der Waals surface area (Å²) < 4.78 is 18.3. The molecule has 0 amide bonds. The summed E-state index contributed by atoms with van der Waals surface area (Å²) in [5, 5.41) is 29.5. The topological polar surface area (TPSA) is 121 Å². The van der Waals surface area contributed by atoms with Crippen molar-refractivity contribution < 1.29 is 13.7 Å². The fourth-order valence-electron chi connectivity index (χ4n) is 2.70. The summed E-state index contributed by atoms with van der Waals surface area (Å²) in [6.07, 6.45) is 0.0174. The van der Waals surface area contributed by atoms with E-state index in [1.807, 2.05) is 6.07 Å². The van der Waals surface area contributed by atoms with Crippen LogP contribution in [0.5, 0.6) is 0 Å². The van der Waals surface area contributed by atoms with Gasteiger partial charge in [0.15, 0.2) is 0 Å². The molecule has 0 unspecified atom stereocenters. The van der Waals surface area contributed by atoms with Gasteiger partial charge in [-0.2, -0.15) is 10.5 Å². The third kappa shape index (κ3) is 3.62. The number of benzene rings is 2. The number of hydrogen-bond acceptors (Lipinski definition) is 6. The van der Waals surface area contributed by atoms with E-state index in [1.54, 1.807) is 6.07 Å². The highest BCUT2D eigenvalue weighted by atomic mass is 19.1. The molecule has 0 aliphatic rings. The minimum absolute atomic E-state index is 0.0174. The van der Waals surface area contributed by atoms with Crippen LogP contribution in [0.1, 0.15) is 22.3 Å². The zero-order valence-corrected chi connectivity index (χ0v) is 14.2. The van der Waals surface area contributed by atoms with Gasteiger partial charge in [0.1, 0.15) is 23.2 Å². The van der Waals surface area contributed by atoms with Crippen molar-refractivity contribution >= 4 is 5.69 Å². The van der Waals surface area contributed by atoms with Crippen molar-refractivity contribution in [2.24, 2.45) is 0 Å². The number of nitro benzene ring substituents is 1. The maximum atomic E-state index is 13.1. The first-order valence-corrected chi connectivity index (χ1v) is 7.93. The molecule has 0 radical (unpaired) electrons. The molecule has 7 nitrogen and oxygen atoms in total. The van der Waals surface area contributed by atoms with E-state index >= 15 is 0 Å². The maximum absolute atomic E-state index is 13.1. The van der Waals surface area contributed by atoms with Gasteiger partial charge in [0.05, 0.1) is 16.6 Å². The number of non-ortho nitro benzene ring substituents is 1. The van der Waals surface area contributed by atoms with Crippen LogP contribution < -0.4 is 5.63 Å². The van der Waals surface area contributed by atoms with Crippen LogP contribution in [-0.2, 0) is 6.42 Å². The first kappa shape index (κ1) is 18.5. The number of halogens is 1. The quantitative estimate of drug-likeness (QED) is 0.506. The van der Waals surface area contributed by atoms with Crippen molar-refractivity contribution in [1.29, 1.82) is 10.5 Å². The van der Waals surface area contributed by atoms with Gasteiger partial charge in [-0.3, -0.25) is 10.1 Å². The van der Waals surface area contributed by atoms with Crippen molar-refractivity contribution in [3.8, 4) is 23.5 Å². The second-order valence-electron chi connectivity index (χ2n) is 5.80. The fraction of sp³-hybridized carbons (Fsp3) is 0.0500. The lowest BCUT2D eigenvalue weighted by atomic mass is 9.97. The van der Waals surface area contributed by atoms with Crippen LogP contribution in [0.4, 0.5) is 10.1 Å². The molecule has 1 heterocycles. The fourth-order valence-corrected chi connectivity index (χ4v) is 2.70. The van der Waals surface area contributed by atoms with Gasteiger partial charge in [-0.05, 0) is 41.5 Å². The Morgan fingerprint density at radius 3 is 2.36 bits per heavy atom. The molecule has 0 bridgehead atoms. The molecule has 0 atom stereocenters. The lowest BCUT2D eigenvalue weighted by molar-refractivity contribution is -0.384. The monoisotopic (exact) mass is 375 g/mol. The maximum Gasteiger partial charge on any atom is 0.354 e. The predicted molar refractivity (Wildman–Crippen MR) is 95.7 cm³/mol. The molecule has 1 aromatic heterocycles. The lowest BCUT2D eigenvalue weighted by Gasteiger charge is -2.08. The van der Waals surface area contributed by atoms with Crippen LogP contribution in [0.25, 0.3) is 11.3 Å². The third-order valence-electron chi connectivity index (χ3n) is 4.08. The predicted octanol–water partition coefficient (Wildman–Crippen LogP) is 3.69. The molecule has 28 heavy (non-hydrogen) atoms. The average Bonchev–Trinajstić information content (AvgIpc) is 2.68. The Morgan fingerprint density at radius 2 is 1.75 bits per heavy atom. The lowest BCUT2D eigenvalue weighted by Crippen LogP contribution is -2.10. The summed E-state index contributed by atoms with van der Waals surface area (Å²) >= 11 is 0. The van der Waals surface area contributed by atoms with Crippen LogP contribution >= 0.6 is 0 Å². The van der Waals surface area contributed by atoms with Crippen LogP contribution in [-0.4, -0.2) is 4.92 Å². The van der Waals surface area contributed by atoms with E-state index < -0.39 is 16.4 Å². The van der Waals surface area contributed by atoms with E-state index in [4.69, 9.17) is 4.42 Å². The highest BCUT2D eigenvalue weighted by Crippen LogP contribution is 2.25. The SMILES string of the molecule is N#Cc1cc([N+](=O)[O-])ccc1Cc1cc(-c2ccc(F)cc2)oc(=O)c1C#N. The van der Waals surface area contributed by atoms with E-state index in [9.17, 15) is 29.8 Å². The number of hydrogen-bond donors (Lipinski definition) is 0. The number of nitriles is 2. The van der Waals surface area contributed by atoms with Crippen molar-refractivity contribution in [2.45, 2.75) is 6.42 Å². The highest BCUT2D eigenvalue weighted by molar-refractivity contribution is 5.60. The molecule has 0 saturated carbocycles.